The van der Waals surface area contributed by atoms with Crippen LogP contribution in [0.2, 0.25) is 0 Å². The zero-order valence-electron chi connectivity index (χ0n) is 10.9. The Morgan fingerprint density at radius 1 is 0.812 bits per heavy atom. The van der Waals surface area contributed by atoms with Crippen LogP contribution < -0.4 is 0 Å². The SMILES string of the molecule is [CH2-]c1cc(CC)c(CC)c(CC)c1CC.[Cu+]. The van der Waals surface area contributed by atoms with Gasteiger partial charge in [-0.3, -0.25) is 0 Å². The Labute approximate surface area is 111 Å². The van der Waals surface area contributed by atoms with Crippen molar-refractivity contribution in [3.05, 3.63) is 40.8 Å². The van der Waals surface area contributed by atoms with E-state index in [4.69, 9.17) is 0 Å². The monoisotopic (exact) mass is 266 g/mol. The summed E-state index contributed by atoms with van der Waals surface area (Å²) in [5.74, 6) is 0. The molecule has 0 nitrogen and oxygen atoms in total. The van der Waals surface area contributed by atoms with Crippen LogP contribution in [0.15, 0.2) is 6.07 Å². The van der Waals surface area contributed by atoms with Crippen molar-refractivity contribution >= 4 is 0 Å². The maximum absolute atomic E-state index is 4.18. The molecular weight excluding hydrogens is 244 g/mol. The Kier molecular flexibility index (Phi) is 6.87. The molecule has 0 N–H and O–H groups in total. The summed E-state index contributed by atoms with van der Waals surface area (Å²) in [6.07, 6.45) is 4.53. The van der Waals surface area contributed by atoms with Crippen molar-refractivity contribution in [1.82, 2.24) is 0 Å². The predicted molar refractivity (Wildman–Crippen MR) is 68.4 cm³/mol. The van der Waals surface area contributed by atoms with Gasteiger partial charge in [0.25, 0.3) is 0 Å². The third kappa shape index (κ3) is 2.84. The largest absolute Gasteiger partial charge is 1.00 e. The van der Waals surface area contributed by atoms with E-state index in [2.05, 4.69) is 40.7 Å². The van der Waals surface area contributed by atoms with Crippen molar-refractivity contribution in [2.75, 3.05) is 0 Å². The molecule has 94 valence electrons. The van der Waals surface area contributed by atoms with Gasteiger partial charge >= 0.3 is 17.1 Å². The summed E-state index contributed by atoms with van der Waals surface area (Å²) < 4.78 is 0. The van der Waals surface area contributed by atoms with E-state index >= 15 is 0 Å². The van der Waals surface area contributed by atoms with Gasteiger partial charge in [0, 0.05) is 0 Å². The molecular formula is C15H23Cu. The Morgan fingerprint density at radius 3 is 1.69 bits per heavy atom. The smallest absolute Gasteiger partial charge is 0.198 e. The summed E-state index contributed by atoms with van der Waals surface area (Å²) in [5, 5.41) is 0. The zero-order valence-corrected chi connectivity index (χ0v) is 11.9. The quantitative estimate of drug-likeness (QED) is 0.568. The van der Waals surface area contributed by atoms with E-state index in [1.165, 1.54) is 16.7 Å². The van der Waals surface area contributed by atoms with E-state index in [1.54, 1.807) is 11.1 Å². The number of hydrogen-bond acceptors (Lipinski definition) is 0. The first-order chi connectivity index (χ1) is 7.19. The van der Waals surface area contributed by atoms with Gasteiger partial charge in [-0.25, -0.2) is 0 Å². The minimum Gasteiger partial charge on any atom is -0.198 e. The second-order valence-corrected chi connectivity index (χ2v) is 4.04. The number of benzene rings is 1. The van der Waals surface area contributed by atoms with Crippen LogP contribution in [-0.4, -0.2) is 0 Å². The van der Waals surface area contributed by atoms with Crippen LogP contribution in [0.1, 0.15) is 55.5 Å². The molecule has 1 aromatic rings. The van der Waals surface area contributed by atoms with Crippen molar-refractivity contribution < 1.29 is 17.1 Å². The second-order valence-electron chi connectivity index (χ2n) is 4.04. The van der Waals surface area contributed by atoms with E-state index < -0.39 is 0 Å². The first-order valence-electron chi connectivity index (χ1n) is 6.17. The van der Waals surface area contributed by atoms with Crippen LogP contribution in [0.25, 0.3) is 0 Å². The first kappa shape index (κ1) is 15.6. The van der Waals surface area contributed by atoms with E-state index in [1.807, 2.05) is 0 Å². The normalized spacial score (nSPS) is 10.0. The maximum Gasteiger partial charge on any atom is 1.00 e. The van der Waals surface area contributed by atoms with Crippen LogP contribution >= 0.6 is 0 Å². The Bertz CT molecular complexity index is 340. The molecule has 0 saturated heterocycles. The standard InChI is InChI=1S/C15H23.Cu/c1-6-12-10-11(5)13(7-2)15(9-4)14(12)8-3;/h10H,5-9H2,1-4H3;/q-1;+1. The summed E-state index contributed by atoms with van der Waals surface area (Å²) in [5.41, 5.74) is 7.35. The van der Waals surface area contributed by atoms with E-state index in [-0.39, 0.29) is 17.1 Å². The van der Waals surface area contributed by atoms with Gasteiger partial charge in [0.15, 0.2) is 0 Å². The Morgan fingerprint density at radius 2 is 1.31 bits per heavy atom. The molecule has 1 aromatic carbocycles. The molecule has 0 aliphatic heterocycles. The molecule has 1 rings (SSSR count). The van der Waals surface area contributed by atoms with Crippen LogP contribution in [-0.2, 0) is 42.8 Å². The average Bonchev–Trinajstić information content (AvgIpc) is 2.27. The first-order valence-corrected chi connectivity index (χ1v) is 6.17. The molecule has 0 aliphatic rings. The molecule has 0 unspecified atom stereocenters. The van der Waals surface area contributed by atoms with Gasteiger partial charge in [-0.15, -0.1) is 11.1 Å². The fraction of sp³-hybridized carbons (Fsp3) is 0.533. The average molecular weight is 267 g/mol. The van der Waals surface area contributed by atoms with Crippen LogP contribution in [0.4, 0.5) is 0 Å². The molecule has 16 heavy (non-hydrogen) atoms. The van der Waals surface area contributed by atoms with Gasteiger partial charge in [-0.1, -0.05) is 45.2 Å². The minimum atomic E-state index is 0. The summed E-state index contributed by atoms with van der Waals surface area (Å²) in [6.45, 7) is 13.2. The van der Waals surface area contributed by atoms with Crippen molar-refractivity contribution in [3.8, 4) is 0 Å². The van der Waals surface area contributed by atoms with E-state index in [9.17, 15) is 0 Å². The number of rotatable bonds is 4. The molecule has 0 fully saturated rings. The molecule has 0 heterocycles. The van der Waals surface area contributed by atoms with Gasteiger partial charge in [0.1, 0.15) is 0 Å². The summed E-state index contributed by atoms with van der Waals surface area (Å²) in [4.78, 5) is 0. The molecule has 0 aromatic heterocycles. The van der Waals surface area contributed by atoms with Crippen LogP contribution in [0.5, 0.6) is 0 Å². The molecule has 0 amide bonds. The molecule has 0 spiro atoms. The fourth-order valence-corrected chi connectivity index (χ4v) is 2.58. The molecule has 1 heteroatoms. The maximum atomic E-state index is 4.18. The zero-order chi connectivity index (χ0) is 11.4. The Hall–Kier alpha value is -0.391. The van der Waals surface area contributed by atoms with Gasteiger partial charge in [0.2, 0.25) is 0 Å². The third-order valence-electron chi connectivity index (χ3n) is 3.29. The number of aryl methyl sites for hydroxylation is 1. The van der Waals surface area contributed by atoms with Gasteiger partial charge in [0.05, 0.1) is 0 Å². The van der Waals surface area contributed by atoms with E-state index in [0.717, 1.165) is 25.7 Å². The molecule has 0 aliphatic carbocycles. The Balaban J connectivity index is 0.00000225. The van der Waals surface area contributed by atoms with Gasteiger partial charge in [-0.05, 0) is 19.3 Å². The second kappa shape index (κ2) is 7.04. The summed E-state index contributed by atoms with van der Waals surface area (Å²) in [6, 6.07) is 2.29. The molecule has 0 radical (unpaired) electrons. The van der Waals surface area contributed by atoms with E-state index in [0.29, 0.717) is 0 Å². The summed E-state index contributed by atoms with van der Waals surface area (Å²) >= 11 is 0. The van der Waals surface area contributed by atoms with Gasteiger partial charge < -0.3 is 0 Å². The number of hydrogen-bond donors (Lipinski definition) is 0. The van der Waals surface area contributed by atoms with Crippen molar-refractivity contribution in [3.63, 3.8) is 0 Å². The summed E-state index contributed by atoms with van der Waals surface area (Å²) in [7, 11) is 0. The topological polar surface area (TPSA) is 0 Å². The van der Waals surface area contributed by atoms with Gasteiger partial charge in [-0.2, -0.15) is 18.6 Å². The molecule has 0 atom stereocenters. The fourth-order valence-electron chi connectivity index (χ4n) is 2.58. The molecule has 0 bridgehead atoms. The van der Waals surface area contributed by atoms with Crippen molar-refractivity contribution in [2.24, 2.45) is 0 Å². The molecule has 0 saturated carbocycles. The van der Waals surface area contributed by atoms with Crippen molar-refractivity contribution in [1.29, 1.82) is 0 Å². The third-order valence-corrected chi connectivity index (χ3v) is 3.29. The minimum absolute atomic E-state index is 0. The van der Waals surface area contributed by atoms with Crippen LogP contribution in [0.3, 0.4) is 0 Å². The predicted octanol–water partition coefficient (Wildman–Crippen LogP) is 4.12. The van der Waals surface area contributed by atoms with Crippen LogP contribution in [0, 0.1) is 6.92 Å². The van der Waals surface area contributed by atoms with Crippen molar-refractivity contribution in [2.45, 2.75) is 53.4 Å².